The number of nitrogens with one attached hydrogen (secondary N) is 1. The fourth-order valence-corrected chi connectivity index (χ4v) is 3.51. The zero-order valence-corrected chi connectivity index (χ0v) is 14.1. The number of carboxylic acid groups (broad SMARTS) is 1. The first-order chi connectivity index (χ1) is 11.0. The van der Waals surface area contributed by atoms with E-state index >= 15 is 0 Å². The molecule has 1 aliphatic carbocycles. The van der Waals surface area contributed by atoms with Crippen molar-refractivity contribution in [3.8, 4) is 5.75 Å². The lowest BCUT2D eigenvalue weighted by atomic mass is 10.1. The van der Waals surface area contributed by atoms with Gasteiger partial charge in [0.2, 0.25) is 0 Å². The van der Waals surface area contributed by atoms with Crippen molar-refractivity contribution < 1.29 is 14.6 Å². The lowest BCUT2D eigenvalue weighted by Crippen LogP contribution is -2.29. The Morgan fingerprint density at radius 2 is 2.13 bits per heavy atom. The van der Waals surface area contributed by atoms with E-state index in [1.54, 1.807) is 18.2 Å². The van der Waals surface area contributed by atoms with Gasteiger partial charge in [0.15, 0.2) is 5.70 Å². The molecule has 8 heteroatoms. The highest BCUT2D eigenvalue weighted by Gasteiger charge is 2.17. The van der Waals surface area contributed by atoms with Crippen LogP contribution >= 0.6 is 23.4 Å². The van der Waals surface area contributed by atoms with Crippen LogP contribution in [0, 0.1) is 5.92 Å². The van der Waals surface area contributed by atoms with Crippen LogP contribution in [-0.4, -0.2) is 17.7 Å². The number of ether oxygens (including phenoxy) is 1. The van der Waals surface area contributed by atoms with Crippen molar-refractivity contribution in [2.45, 2.75) is 30.6 Å². The number of nitrogens with two attached hydrogens (primary N) is 2. The molecule has 0 heterocycles. The van der Waals surface area contributed by atoms with Crippen LogP contribution in [0.4, 0.5) is 0 Å². The van der Waals surface area contributed by atoms with Gasteiger partial charge >= 0.3 is 5.97 Å². The third-order valence-corrected chi connectivity index (χ3v) is 5.11. The van der Waals surface area contributed by atoms with Crippen LogP contribution in [-0.2, 0) is 4.79 Å². The van der Waals surface area contributed by atoms with Crippen LogP contribution < -0.4 is 21.7 Å². The maximum atomic E-state index is 11.0. The zero-order valence-electron chi connectivity index (χ0n) is 12.5. The molecule has 0 saturated heterocycles. The van der Waals surface area contributed by atoms with Crippen molar-refractivity contribution in [1.29, 1.82) is 0 Å². The van der Waals surface area contributed by atoms with Gasteiger partial charge in [-0.2, -0.15) is 0 Å². The maximum Gasteiger partial charge on any atom is 0.356 e. The Kier molecular flexibility index (Phi) is 6.44. The number of hydrazine groups is 1. The Morgan fingerprint density at radius 3 is 2.74 bits per heavy atom. The van der Waals surface area contributed by atoms with Crippen LogP contribution in [0.3, 0.4) is 0 Å². The molecule has 23 heavy (non-hydrogen) atoms. The molecule has 0 atom stereocenters. The molecular formula is C15H20ClN3O3S. The number of aliphatic carboxylic acids is 1. The summed E-state index contributed by atoms with van der Waals surface area (Å²) in [5.74, 6) is 5.23. The number of thioether (sulfide) groups is 1. The quantitative estimate of drug-likeness (QED) is 0.257. The number of hydrogen-bond donors (Lipinski definition) is 4. The largest absolute Gasteiger partial charge is 0.493 e. The van der Waals surface area contributed by atoms with Gasteiger partial charge in [-0.15, -0.1) is 0 Å². The lowest BCUT2D eigenvalue weighted by molar-refractivity contribution is -0.133. The number of carbonyl (C=O) groups is 1. The topological polar surface area (TPSA) is 111 Å². The summed E-state index contributed by atoms with van der Waals surface area (Å²) in [6.45, 7) is 0.682. The van der Waals surface area contributed by atoms with Gasteiger partial charge in [0.1, 0.15) is 10.8 Å². The summed E-state index contributed by atoms with van der Waals surface area (Å²) in [5, 5.41) is 9.49. The van der Waals surface area contributed by atoms with Crippen LogP contribution in [0.25, 0.3) is 0 Å². The van der Waals surface area contributed by atoms with Crippen molar-refractivity contribution in [1.82, 2.24) is 5.43 Å². The summed E-state index contributed by atoms with van der Waals surface area (Å²) in [7, 11) is 0. The smallest absolute Gasteiger partial charge is 0.356 e. The molecule has 0 amide bonds. The average Bonchev–Trinajstić information content (AvgIpc) is 3.01. The van der Waals surface area contributed by atoms with Gasteiger partial charge < -0.3 is 21.0 Å². The molecule has 1 aromatic rings. The second-order valence-corrected chi connectivity index (χ2v) is 6.84. The van der Waals surface area contributed by atoms with Gasteiger partial charge in [0, 0.05) is 4.90 Å². The minimum Gasteiger partial charge on any atom is -0.493 e. The molecule has 6 N–H and O–H groups in total. The highest BCUT2D eigenvalue weighted by Crippen LogP contribution is 2.35. The van der Waals surface area contributed by atoms with Crippen molar-refractivity contribution in [3.05, 3.63) is 33.9 Å². The number of rotatable bonds is 7. The van der Waals surface area contributed by atoms with Crippen LogP contribution in [0.1, 0.15) is 25.7 Å². The van der Waals surface area contributed by atoms with E-state index in [0.29, 0.717) is 28.2 Å². The minimum atomic E-state index is -1.23. The predicted molar refractivity (Wildman–Crippen MR) is 90.9 cm³/mol. The van der Waals surface area contributed by atoms with Gasteiger partial charge in [-0.1, -0.05) is 36.2 Å². The molecule has 0 bridgehead atoms. The molecule has 0 unspecified atom stereocenters. The van der Waals surface area contributed by atoms with Gasteiger partial charge in [-0.25, -0.2) is 4.79 Å². The van der Waals surface area contributed by atoms with Crippen molar-refractivity contribution in [2.75, 3.05) is 6.61 Å². The normalized spacial score (nSPS) is 16.1. The summed E-state index contributed by atoms with van der Waals surface area (Å²) < 4.78 is 5.82. The second-order valence-electron chi connectivity index (χ2n) is 5.34. The number of carboxylic acids is 1. The SMILES string of the molecule is NN/C(C(=O)O)=C(\N)Sc1cc(OCC2CCCC2)ccc1Cl. The first kappa shape index (κ1) is 17.8. The first-order valence-electron chi connectivity index (χ1n) is 7.31. The van der Waals surface area contributed by atoms with Gasteiger partial charge in [-0.3, -0.25) is 5.84 Å². The summed E-state index contributed by atoms with van der Waals surface area (Å²) in [4.78, 5) is 11.6. The fraction of sp³-hybridized carbons (Fsp3) is 0.400. The molecular weight excluding hydrogens is 338 g/mol. The van der Waals surface area contributed by atoms with Gasteiger partial charge in [0.25, 0.3) is 0 Å². The third-order valence-electron chi connectivity index (χ3n) is 3.69. The number of hydrogen-bond acceptors (Lipinski definition) is 6. The lowest BCUT2D eigenvalue weighted by Gasteiger charge is -2.13. The van der Waals surface area contributed by atoms with Crippen LogP contribution in [0.15, 0.2) is 33.8 Å². The minimum absolute atomic E-state index is 0.0230. The van der Waals surface area contributed by atoms with Crippen molar-refractivity contribution in [3.63, 3.8) is 0 Å². The van der Waals surface area contributed by atoms with E-state index in [2.05, 4.69) is 5.43 Å². The van der Waals surface area contributed by atoms with E-state index in [-0.39, 0.29) is 10.7 Å². The molecule has 1 aliphatic rings. The van der Waals surface area contributed by atoms with E-state index in [0.717, 1.165) is 11.8 Å². The van der Waals surface area contributed by atoms with E-state index in [9.17, 15) is 4.79 Å². The summed E-state index contributed by atoms with van der Waals surface area (Å²) >= 11 is 7.17. The van der Waals surface area contributed by atoms with Gasteiger partial charge in [-0.05, 0) is 37.0 Å². The molecule has 0 radical (unpaired) electrons. The first-order valence-corrected chi connectivity index (χ1v) is 8.50. The monoisotopic (exact) mass is 357 g/mol. The van der Waals surface area contributed by atoms with Crippen LogP contribution in [0.2, 0.25) is 5.02 Å². The molecule has 6 nitrogen and oxygen atoms in total. The molecule has 1 saturated carbocycles. The Bertz CT molecular complexity index is 604. The Balaban J connectivity index is 2.08. The summed E-state index contributed by atoms with van der Waals surface area (Å²) in [5.41, 5.74) is 7.58. The summed E-state index contributed by atoms with van der Waals surface area (Å²) in [6, 6.07) is 5.25. The molecule has 0 aliphatic heterocycles. The highest BCUT2D eigenvalue weighted by atomic mass is 35.5. The Morgan fingerprint density at radius 1 is 1.43 bits per heavy atom. The highest BCUT2D eigenvalue weighted by molar-refractivity contribution is 8.03. The zero-order chi connectivity index (χ0) is 16.8. The van der Waals surface area contributed by atoms with E-state index in [1.165, 1.54) is 25.7 Å². The van der Waals surface area contributed by atoms with E-state index in [4.69, 9.17) is 33.0 Å². The third kappa shape index (κ3) is 4.95. The Hall–Kier alpha value is -1.57. The number of benzene rings is 1. The molecule has 0 spiro atoms. The van der Waals surface area contributed by atoms with Crippen molar-refractivity contribution in [2.24, 2.45) is 17.5 Å². The Labute approximate surface area is 144 Å². The van der Waals surface area contributed by atoms with Gasteiger partial charge in [0.05, 0.1) is 11.6 Å². The maximum absolute atomic E-state index is 11.0. The summed E-state index contributed by atoms with van der Waals surface area (Å²) in [6.07, 6.45) is 4.94. The van der Waals surface area contributed by atoms with Crippen LogP contribution in [0.5, 0.6) is 5.75 Å². The molecule has 2 rings (SSSR count). The van der Waals surface area contributed by atoms with E-state index in [1.807, 2.05) is 0 Å². The molecule has 126 valence electrons. The van der Waals surface area contributed by atoms with E-state index < -0.39 is 5.97 Å². The molecule has 0 aromatic heterocycles. The molecule has 1 fully saturated rings. The fourth-order valence-electron chi connectivity index (χ4n) is 2.45. The van der Waals surface area contributed by atoms with Crippen molar-refractivity contribution >= 4 is 29.3 Å². The average molecular weight is 358 g/mol. The second kappa shape index (κ2) is 8.33. The predicted octanol–water partition coefficient (Wildman–Crippen LogP) is 2.68. The standard InChI is InChI=1S/C15H20ClN3O3S/c16-11-6-5-10(22-8-9-3-1-2-4-9)7-12(11)23-14(17)13(19-18)15(20)21/h5-7,9,19H,1-4,8,17-18H2,(H,20,21)/b14-13+. The molecule has 1 aromatic carbocycles. The number of halogens is 1.